The molecule has 180 valence electrons. The maximum absolute atomic E-state index is 13.1. The summed E-state index contributed by atoms with van der Waals surface area (Å²) in [6, 6.07) is 33.5. The monoisotopic (exact) mass is 484 g/mol. The molecular formula is C32H24N2O3. The predicted molar refractivity (Wildman–Crippen MR) is 146 cm³/mol. The van der Waals surface area contributed by atoms with Crippen LogP contribution in [0.2, 0.25) is 0 Å². The van der Waals surface area contributed by atoms with Crippen molar-refractivity contribution in [2.45, 2.75) is 6.54 Å². The van der Waals surface area contributed by atoms with E-state index in [-0.39, 0.29) is 11.9 Å². The number of ether oxygens (including phenoxy) is 1. The van der Waals surface area contributed by atoms with Crippen LogP contribution in [0.3, 0.4) is 0 Å². The molecule has 0 unspecified atom stereocenters. The van der Waals surface area contributed by atoms with Gasteiger partial charge in [0.1, 0.15) is 0 Å². The summed E-state index contributed by atoms with van der Waals surface area (Å²) in [5, 5.41) is 2.15. The lowest BCUT2D eigenvalue weighted by Crippen LogP contribution is -2.10. The van der Waals surface area contributed by atoms with Crippen LogP contribution < -0.4 is 0 Å². The van der Waals surface area contributed by atoms with Crippen molar-refractivity contribution in [1.29, 1.82) is 0 Å². The maximum atomic E-state index is 13.1. The lowest BCUT2D eigenvalue weighted by molar-refractivity contribution is 0.0600. The Kier molecular flexibility index (Phi) is 5.66. The first-order valence-electron chi connectivity index (χ1n) is 12.1. The summed E-state index contributed by atoms with van der Waals surface area (Å²) in [5.41, 5.74) is 6.29. The average molecular weight is 485 g/mol. The van der Waals surface area contributed by atoms with Crippen LogP contribution in [0.15, 0.2) is 116 Å². The Morgan fingerprint density at radius 3 is 2.11 bits per heavy atom. The number of hydrogen-bond donors (Lipinski definition) is 0. The zero-order chi connectivity index (χ0) is 25.4. The van der Waals surface area contributed by atoms with Gasteiger partial charge in [0, 0.05) is 35.4 Å². The molecule has 2 aromatic heterocycles. The second kappa shape index (κ2) is 9.28. The van der Waals surface area contributed by atoms with Gasteiger partial charge in [0.2, 0.25) is 0 Å². The summed E-state index contributed by atoms with van der Waals surface area (Å²) in [6.07, 6.45) is 3.90. The molecule has 2 heterocycles. The summed E-state index contributed by atoms with van der Waals surface area (Å²) in [4.78, 5) is 25.1. The lowest BCUT2D eigenvalue weighted by Gasteiger charge is -2.10. The van der Waals surface area contributed by atoms with Crippen LogP contribution in [0.1, 0.15) is 26.3 Å². The van der Waals surface area contributed by atoms with Gasteiger partial charge in [-0.3, -0.25) is 9.36 Å². The molecular weight excluding hydrogens is 460 g/mol. The Labute approximate surface area is 214 Å². The van der Waals surface area contributed by atoms with E-state index in [1.165, 1.54) is 7.11 Å². The van der Waals surface area contributed by atoms with Crippen LogP contribution in [-0.4, -0.2) is 28.1 Å². The Hall–Kier alpha value is -4.90. The Balaban J connectivity index is 1.36. The summed E-state index contributed by atoms with van der Waals surface area (Å²) in [6.45, 7) is 0.630. The second-order valence-electron chi connectivity index (χ2n) is 9.04. The molecule has 0 N–H and O–H groups in total. The molecule has 6 rings (SSSR count). The van der Waals surface area contributed by atoms with E-state index in [1.807, 2.05) is 60.8 Å². The minimum absolute atomic E-state index is 0.0498. The van der Waals surface area contributed by atoms with Gasteiger partial charge in [0.05, 0.1) is 18.2 Å². The van der Waals surface area contributed by atoms with E-state index in [1.54, 1.807) is 10.6 Å². The molecule has 0 bridgehead atoms. The van der Waals surface area contributed by atoms with E-state index in [0.717, 1.165) is 38.5 Å². The van der Waals surface area contributed by atoms with Crippen molar-refractivity contribution in [2.75, 3.05) is 7.11 Å². The van der Waals surface area contributed by atoms with Crippen LogP contribution in [-0.2, 0) is 11.3 Å². The fourth-order valence-corrected chi connectivity index (χ4v) is 4.82. The molecule has 5 nitrogen and oxygen atoms in total. The maximum Gasteiger partial charge on any atom is 0.337 e. The summed E-state index contributed by atoms with van der Waals surface area (Å²) in [7, 11) is 1.39. The highest BCUT2D eigenvalue weighted by Crippen LogP contribution is 2.29. The average Bonchev–Trinajstić information content (AvgIpc) is 3.56. The predicted octanol–water partition coefficient (Wildman–Crippen LogP) is 6.79. The van der Waals surface area contributed by atoms with Crippen molar-refractivity contribution in [3.63, 3.8) is 0 Å². The highest BCUT2D eigenvalue weighted by Gasteiger charge is 2.13. The number of nitrogens with zero attached hydrogens (tertiary/aromatic N) is 2. The molecule has 0 amide bonds. The first-order valence-corrected chi connectivity index (χ1v) is 12.1. The number of benzene rings is 4. The van der Waals surface area contributed by atoms with Crippen LogP contribution in [0.25, 0.3) is 32.9 Å². The summed E-state index contributed by atoms with van der Waals surface area (Å²) < 4.78 is 8.75. The second-order valence-corrected chi connectivity index (χ2v) is 9.04. The van der Waals surface area contributed by atoms with Gasteiger partial charge >= 0.3 is 5.97 Å². The molecule has 5 heteroatoms. The molecule has 6 aromatic rings. The molecule has 0 radical (unpaired) electrons. The quantitative estimate of drug-likeness (QED) is 0.253. The molecule has 0 aliphatic carbocycles. The molecule has 0 saturated heterocycles. The number of aromatic nitrogens is 2. The standard InChI is InChI=1S/C32H24N2O3/c1-37-32(36)28-9-5-6-22(18-28)21-33-16-14-23-10-12-26(19-29(23)33)27-13-11-24-15-17-34(30(24)20-27)31(35)25-7-3-2-4-8-25/h2-20H,21H2,1H3. The van der Waals surface area contributed by atoms with Crippen LogP contribution in [0.4, 0.5) is 0 Å². The lowest BCUT2D eigenvalue weighted by atomic mass is 10.0. The molecule has 0 aliphatic rings. The molecule has 0 fully saturated rings. The van der Waals surface area contributed by atoms with Crippen molar-refractivity contribution in [2.24, 2.45) is 0 Å². The van der Waals surface area contributed by atoms with Gasteiger partial charge in [-0.15, -0.1) is 0 Å². The van der Waals surface area contributed by atoms with E-state index < -0.39 is 0 Å². The number of fused-ring (bicyclic) bond motifs is 2. The fraction of sp³-hybridized carbons (Fsp3) is 0.0625. The Bertz CT molecular complexity index is 1780. The van der Waals surface area contributed by atoms with Gasteiger partial charge in [-0.25, -0.2) is 4.79 Å². The SMILES string of the molecule is COC(=O)c1cccc(Cn2ccc3ccc(-c4ccc5ccn(C(=O)c6ccccc6)c5c4)cc32)c1. The largest absolute Gasteiger partial charge is 0.465 e. The normalized spacial score (nSPS) is 11.2. The molecule has 37 heavy (non-hydrogen) atoms. The van der Waals surface area contributed by atoms with Crippen molar-refractivity contribution < 1.29 is 14.3 Å². The fourth-order valence-electron chi connectivity index (χ4n) is 4.82. The Morgan fingerprint density at radius 2 is 1.35 bits per heavy atom. The number of hydrogen-bond acceptors (Lipinski definition) is 3. The first kappa shape index (κ1) is 22.6. The number of methoxy groups -OCH3 is 1. The number of carbonyl (C=O) groups excluding carboxylic acids is 2. The first-order chi connectivity index (χ1) is 18.1. The van der Waals surface area contributed by atoms with E-state index >= 15 is 0 Å². The minimum atomic E-state index is -0.340. The van der Waals surface area contributed by atoms with Crippen molar-refractivity contribution in [3.8, 4) is 11.1 Å². The van der Waals surface area contributed by atoms with Gasteiger partial charge in [-0.05, 0) is 70.6 Å². The van der Waals surface area contributed by atoms with E-state index in [4.69, 9.17) is 4.74 Å². The number of rotatable bonds is 5. The van der Waals surface area contributed by atoms with Crippen LogP contribution in [0, 0.1) is 0 Å². The van der Waals surface area contributed by atoms with Crippen LogP contribution >= 0.6 is 0 Å². The summed E-state index contributed by atoms with van der Waals surface area (Å²) in [5.74, 6) is -0.390. The molecule has 0 saturated carbocycles. The van der Waals surface area contributed by atoms with E-state index in [9.17, 15) is 9.59 Å². The van der Waals surface area contributed by atoms with Gasteiger partial charge in [0.25, 0.3) is 5.91 Å². The van der Waals surface area contributed by atoms with E-state index in [2.05, 4.69) is 53.2 Å². The van der Waals surface area contributed by atoms with Crippen molar-refractivity contribution in [1.82, 2.24) is 9.13 Å². The third-order valence-electron chi connectivity index (χ3n) is 6.74. The topological polar surface area (TPSA) is 53.2 Å². The number of esters is 1. The third-order valence-corrected chi connectivity index (χ3v) is 6.74. The van der Waals surface area contributed by atoms with Gasteiger partial charge in [-0.2, -0.15) is 0 Å². The number of carbonyl (C=O) groups is 2. The van der Waals surface area contributed by atoms with E-state index in [0.29, 0.717) is 17.7 Å². The third kappa shape index (κ3) is 4.21. The molecule has 0 atom stereocenters. The van der Waals surface area contributed by atoms with Gasteiger partial charge in [-0.1, -0.05) is 54.6 Å². The molecule has 0 spiro atoms. The molecule has 4 aromatic carbocycles. The van der Waals surface area contributed by atoms with Gasteiger partial charge < -0.3 is 9.30 Å². The van der Waals surface area contributed by atoms with Crippen LogP contribution in [0.5, 0.6) is 0 Å². The van der Waals surface area contributed by atoms with Crippen molar-refractivity contribution >= 4 is 33.7 Å². The summed E-state index contributed by atoms with van der Waals surface area (Å²) >= 11 is 0. The van der Waals surface area contributed by atoms with Crippen molar-refractivity contribution in [3.05, 3.63) is 132 Å². The highest BCUT2D eigenvalue weighted by molar-refractivity contribution is 6.03. The van der Waals surface area contributed by atoms with Gasteiger partial charge in [0.15, 0.2) is 0 Å². The zero-order valence-electron chi connectivity index (χ0n) is 20.3. The molecule has 0 aliphatic heterocycles. The smallest absolute Gasteiger partial charge is 0.337 e. The minimum Gasteiger partial charge on any atom is -0.465 e. The zero-order valence-corrected chi connectivity index (χ0v) is 20.3. The Morgan fingerprint density at radius 1 is 0.676 bits per heavy atom. The highest BCUT2D eigenvalue weighted by atomic mass is 16.5.